The van der Waals surface area contributed by atoms with Crippen molar-refractivity contribution in [1.29, 1.82) is 0 Å². The van der Waals surface area contributed by atoms with Crippen LogP contribution in [-0.2, 0) is 0 Å². The molecule has 84 valence electrons. The number of fused-ring (bicyclic) bond motifs is 1. The smallest absolute Gasteiger partial charge is 0.159 e. The largest absolute Gasteiger partial charge is 0.317 e. The van der Waals surface area contributed by atoms with Crippen LogP contribution < -0.4 is 5.32 Å². The van der Waals surface area contributed by atoms with E-state index in [1.807, 2.05) is 6.92 Å². The Labute approximate surface area is 93.9 Å². The minimum absolute atomic E-state index is 0.572. The van der Waals surface area contributed by atoms with Crippen molar-refractivity contribution < 1.29 is 0 Å². The van der Waals surface area contributed by atoms with E-state index in [0.717, 1.165) is 43.1 Å². The van der Waals surface area contributed by atoms with Crippen LogP contribution in [0.3, 0.4) is 0 Å². The predicted octanol–water partition coefficient (Wildman–Crippen LogP) is 0.900. The van der Waals surface area contributed by atoms with E-state index >= 15 is 0 Å². The summed E-state index contributed by atoms with van der Waals surface area (Å²) < 4.78 is 1.74. The zero-order valence-electron chi connectivity index (χ0n) is 9.35. The number of piperidine rings is 1. The molecule has 5 heteroatoms. The molecule has 0 saturated carbocycles. The molecule has 16 heavy (non-hydrogen) atoms. The van der Waals surface area contributed by atoms with Crippen LogP contribution >= 0.6 is 0 Å². The van der Waals surface area contributed by atoms with E-state index in [-0.39, 0.29) is 0 Å². The van der Waals surface area contributed by atoms with Gasteiger partial charge in [0.15, 0.2) is 5.65 Å². The van der Waals surface area contributed by atoms with Crippen LogP contribution in [0.1, 0.15) is 30.3 Å². The van der Waals surface area contributed by atoms with Crippen LogP contribution in [0.5, 0.6) is 0 Å². The first-order chi connectivity index (χ1) is 7.83. The molecule has 0 bridgehead atoms. The molecule has 0 atom stereocenters. The summed E-state index contributed by atoms with van der Waals surface area (Å²) in [6.07, 6.45) is 4.10. The first-order valence-electron chi connectivity index (χ1n) is 5.72. The summed E-state index contributed by atoms with van der Waals surface area (Å²) in [7, 11) is 0. The molecule has 1 aliphatic rings. The van der Waals surface area contributed by atoms with E-state index in [9.17, 15) is 0 Å². The first-order valence-corrected chi connectivity index (χ1v) is 5.72. The predicted molar refractivity (Wildman–Crippen MR) is 60.4 cm³/mol. The van der Waals surface area contributed by atoms with E-state index in [1.165, 1.54) is 0 Å². The van der Waals surface area contributed by atoms with Gasteiger partial charge in [0.1, 0.15) is 12.2 Å². The quantitative estimate of drug-likeness (QED) is 0.771. The van der Waals surface area contributed by atoms with Crippen LogP contribution in [-0.4, -0.2) is 32.7 Å². The van der Waals surface area contributed by atoms with Gasteiger partial charge >= 0.3 is 0 Å². The summed E-state index contributed by atoms with van der Waals surface area (Å²) in [4.78, 5) is 8.84. The van der Waals surface area contributed by atoms with Gasteiger partial charge in [-0.05, 0) is 32.9 Å². The normalized spacial score (nSPS) is 18.1. The highest BCUT2D eigenvalue weighted by Crippen LogP contribution is 2.23. The second-order valence-corrected chi connectivity index (χ2v) is 4.30. The van der Waals surface area contributed by atoms with Crippen molar-refractivity contribution in [3.05, 3.63) is 23.9 Å². The summed E-state index contributed by atoms with van der Waals surface area (Å²) in [6, 6.07) is 2.07. The topological polar surface area (TPSA) is 55.1 Å². The lowest BCUT2D eigenvalue weighted by molar-refractivity contribution is 0.452. The summed E-state index contributed by atoms with van der Waals surface area (Å²) in [5.41, 5.74) is 2.06. The van der Waals surface area contributed by atoms with Gasteiger partial charge in [-0.25, -0.2) is 14.5 Å². The maximum atomic E-state index is 4.48. The molecule has 3 rings (SSSR count). The molecule has 1 saturated heterocycles. The highest BCUT2D eigenvalue weighted by molar-refractivity contribution is 5.38. The van der Waals surface area contributed by atoms with E-state index in [0.29, 0.717) is 5.92 Å². The lowest BCUT2D eigenvalue weighted by Gasteiger charge is -2.21. The Morgan fingerprint density at radius 3 is 3.00 bits per heavy atom. The van der Waals surface area contributed by atoms with Gasteiger partial charge in [0, 0.05) is 17.7 Å². The highest BCUT2D eigenvalue weighted by atomic mass is 15.3. The van der Waals surface area contributed by atoms with E-state index in [1.54, 1.807) is 10.8 Å². The second kappa shape index (κ2) is 3.83. The number of hydrogen-bond acceptors (Lipinski definition) is 4. The maximum absolute atomic E-state index is 4.48. The first kappa shape index (κ1) is 9.72. The fraction of sp³-hybridized carbons (Fsp3) is 0.545. The third-order valence-electron chi connectivity index (χ3n) is 3.11. The Bertz CT molecular complexity index is 498. The van der Waals surface area contributed by atoms with Gasteiger partial charge in [0.2, 0.25) is 0 Å². The Hall–Kier alpha value is -1.49. The summed E-state index contributed by atoms with van der Waals surface area (Å²) in [6.45, 7) is 4.07. The van der Waals surface area contributed by atoms with Crippen molar-refractivity contribution in [3.63, 3.8) is 0 Å². The molecule has 1 fully saturated rings. The summed E-state index contributed by atoms with van der Waals surface area (Å²) in [5, 5.41) is 7.59. The monoisotopic (exact) mass is 217 g/mol. The standard InChI is InChI=1S/C11H15N5/c1-8-14-11-6-10(13-7-16(11)15-8)9-2-4-12-5-3-9/h6-7,9,12H,2-5H2,1H3. The van der Waals surface area contributed by atoms with Crippen molar-refractivity contribution >= 4 is 5.65 Å². The number of aryl methyl sites for hydroxylation is 1. The third-order valence-corrected chi connectivity index (χ3v) is 3.11. The van der Waals surface area contributed by atoms with Gasteiger partial charge in [-0.2, -0.15) is 5.10 Å². The minimum atomic E-state index is 0.572. The van der Waals surface area contributed by atoms with Crippen molar-refractivity contribution in [2.45, 2.75) is 25.7 Å². The molecular formula is C11H15N5. The third kappa shape index (κ3) is 1.67. The average Bonchev–Trinajstić information content (AvgIpc) is 2.69. The zero-order chi connectivity index (χ0) is 11.0. The Kier molecular flexibility index (Phi) is 2.32. The zero-order valence-corrected chi connectivity index (χ0v) is 9.35. The SMILES string of the molecule is Cc1nc2cc(C3CCNCC3)ncn2n1. The van der Waals surface area contributed by atoms with E-state index < -0.39 is 0 Å². The number of hydrogen-bond donors (Lipinski definition) is 1. The fourth-order valence-corrected chi connectivity index (χ4v) is 2.26. The van der Waals surface area contributed by atoms with E-state index in [4.69, 9.17) is 0 Å². The molecule has 0 radical (unpaired) electrons. The lowest BCUT2D eigenvalue weighted by atomic mass is 9.94. The van der Waals surface area contributed by atoms with Crippen LogP contribution in [0.15, 0.2) is 12.4 Å². The Morgan fingerprint density at radius 1 is 1.38 bits per heavy atom. The van der Waals surface area contributed by atoms with Gasteiger partial charge in [-0.1, -0.05) is 0 Å². The van der Waals surface area contributed by atoms with Gasteiger partial charge in [-0.15, -0.1) is 0 Å². The molecule has 0 spiro atoms. The fourth-order valence-electron chi connectivity index (χ4n) is 2.26. The molecule has 0 aliphatic carbocycles. The maximum Gasteiger partial charge on any atom is 0.159 e. The van der Waals surface area contributed by atoms with Crippen molar-refractivity contribution in [2.75, 3.05) is 13.1 Å². The molecule has 1 aliphatic heterocycles. The molecule has 5 nitrogen and oxygen atoms in total. The van der Waals surface area contributed by atoms with Crippen LogP contribution in [0.25, 0.3) is 5.65 Å². The molecular weight excluding hydrogens is 202 g/mol. The van der Waals surface area contributed by atoms with Gasteiger partial charge in [0.05, 0.1) is 0 Å². The molecule has 0 amide bonds. The number of aromatic nitrogens is 4. The van der Waals surface area contributed by atoms with Gasteiger partial charge in [0.25, 0.3) is 0 Å². The van der Waals surface area contributed by atoms with E-state index in [2.05, 4.69) is 26.4 Å². The van der Waals surface area contributed by atoms with Gasteiger partial charge < -0.3 is 5.32 Å². The van der Waals surface area contributed by atoms with Crippen LogP contribution in [0.2, 0.25) is 0 Å². The lowest BCUT2D eigenvalue weighted by Crippen LogP contribution is -2.27. The summed E-state index contributed by atoms with van der Waals surface area (Å²) in [5.74, 6) is 1.37. The molecule has 0 aromatic carbocycles. The minimum Gasteiger partial charge on any atom is -0.317 e. The van der Waals surface area contributed by atoms with Gasteiger partial charge in [-0.3, -0.25) is 0 Å². The van der Waals surface area contributed by atoms with Crippen molar-refractivity contribution in [3.8, 4) is 0 Å². The van der Waals surface area contributed by atoms with Crippen molar-refractivity contribution in [1.82, 2.24) is 24.9 Å². The second-order valence-electron chi connectivity index (χ2n) is 4.30. The highest BCUT2D eigenvalue weighted by Gasteiger charge is 2.17. The molecule has 0 unspecified atom stereocenters. The molecule has 2 aromatic heterocycles. The number of nitrogens with zero attached hydrogens (tertiary/aromatic N) is 4. The average molecular weight is 217 g/mol. The number of nitrogens with one attached hydrogen (secondary N) is 1. The summed E-state index contributed by atoms with van der Waals surface area (Å²) >= 11 is 0. The molecule has 2 aromatic rings. The van der Waals surface area contributed by atoms with Crippen molar-refractivity contribution in [2.24, 2.45) is 0 Å². The Morgan fingerprint density at radius 2 is 2.19 bits per heavy atom. The molecule has 3 heterocycles. The molecule has 1 N–H and O–H groups in total. The van der Waals surface area contributed by atoms with Crippen LogP contribution in [0.4, 0.5) is 0 Å². The Balaban J connectivity index is 1.97. The van der Waals surface area contributed by atoms with Crippen LogP contribution in [0, 0.1) is 6.92 Å². The number of rotatable bonds is 1.